The lowest BCUT2D eigenvalue weighted by molar-refractivity contribution is 0.0980. The largest absolute Gasteiger partial charge is 0.373 e. The molecule has 3 fully saturated rings. The van der Waals surface area contributed by atoms with Gasteiger partial charge in [-0.25, -0.2) is 13.6 Å². The fourth-order valence-corrected chi connectivity index (χ4v) is 3.77. The summed E-state index contributed by atoms with van der Waals surface area (Å²) in [5.41, 5.74) is 0.229. The van der Waals surface area contributed by atoms with Gasteiger partial charge in [-0.2, -0.15) is 0 Å². The molecule has 0 unspecified atom stereocenters. The molecule has 1 aliphatic carbocycles. The Balaban J connectivity index is 1.44. The van der Waals surface area contributed by atoms with Crippen molar-refractivity contribution in [3.63, 3.8) is 0 Å². The van der Waals surface area contributed by atoms with Crippen LogP contribution in [0.25, 0.3) is 0 Å². The first-order valence-electron chi connectivity index (χ1n) is 8.27. The molecule has 6 heteroatoms. The lowest BCUT2D eigenvalue weighted by Crippen LogP contribution is -2.47. The Hall–Kier alpha value is -1.69. The third-order valence-corrected chi connectivity index (χ3v) is 5.10. The maximum atomic E-state index is 14.0. The minimum Gasteiger partial charge on any atom is -0.373 e. The third kappa shape index (κ3) is 3.04. The summed E-state index contributed by atoms with van der Waals surface area (Å²) in [5.74, 6) is -0.795. The number of urea groups is 1. The van der Waals surface area contributed by atoms with Crippen LogP contribution in [0, 0.1) is 17.6 Å². The Bertz CT molecular complexity index is 621. The lowest BCUT2D eigenvalue weighted by Gasteiger charge is -2.24. The number of carbonyl (C=O) groups is 1. The molecule has 4 nitrogen and oxygen atoms in total. The monoisotopic (exact) mass is 322 g/mol. The molecule has 23 heavy (non-hydrogen) atoms. The maximum absolute atomic E-state index is 14.0. The van der Waals surface area contributed by atoms with E-state index in [2.05, 4.69) is 10.6 Å². The summed E-state index contributed by atoms with van der Waals surface area (Å²) in [5, 5.41) is 5.77. The molecular weight excluding hydrogens is 302 g/mol. The van der Waals surface area contributed by atoms with Crippen LogP contribution in [-0.2, 0) is 4.74 Å². The van der Waals surface area contributed by atoms with Crippen molar-refractivity contribution in [1.82, 2.24) is 10.6 Å². The number of hydrogen-bond acceptors (Lipinski definition) is 2. The van der Waals surface area contributed by atoms with Gasteiger partial charge in [0.2, 0.25) is 0 Å². The van der Waals surface area contributed by atoms with Crippen molar-refractivity contribution < 1.29 is 18.3 Å². The first-order valence-corrected chi connectivity index (χ1v) is 8.27. The number of rotatable bonds is 4. The van der Waals surface area contributed by atoms with Crippen molar-refractivity contribution in [3.05, 3.63) is 35.4 Å². The zero-order valence-electron chi connectivity index (χ0n) is 12.7. The first kappa shape index (κ1) is 14.9. The fraction of sp³-hybridized carbons (Fsp3) is 0.588. The van der Waals surface area contributed by atoms with Gasteiger partial charge in [0.1, 0.15) is 11.6 Å². The van der Waals surface area contributed by atoms with Gasteiger partial charge in [0, 0.05) is 5.56 Å². The third-order valence-electron chi connectivity index (χ3n) is 5.10. The average Bonchev–Trinajstić information content (AvgIpc) is 3.16. The van der Waals surface area contributed by atoms with Crippen molar-refractivity contribution in [3.8, 4) is 0 Å². The number of halogens is 2. The molecular formula is C17H20F2N2O2. The normalized spacial score (nSPS) is 30.3. The average molecular weight is 322 g/mol. The van der Waals surface area contributed by atoms with Crippen LogP contribution in [0.4, 0.5) is 13.6 Å². The molecule has 124 valence electrons. The highest BCUT2D eigenvalue weighted by molar-refractivity contribution is 5.75. The van der Waals surface area contributed by atoms with Gasteiger partial charge in [-0.1, -0.05) is 0 Å². The number of nitrogens with one attached hydrogen (secondary N) is 2. The second-order valence-electron chi connectivity index (χ2n) is 6.81. The molecule has 0 aromatic heterocycles. The van der Waals surface area contributed by atoms with Crippen molar-refractivity contribution in [2.45, 2.75) is 56.4 Å². The quantitative estimate of drug-likeness (QED) is 0.895. The van der Waals surface area contributed by atoms with E-state index in [1.54, 1.807) is 0 Å². The van der Waals surface area contributed by atoms with Crippen molar-refractivity contribution in [2.24, 2.45) is 5.92 Å². The topological polar surface area (TPSA) is 50.4 Å². The van der Waals surface area contributed by atoms with Crippen LogP contribution in [0.2, 0.25) is 0 Å². The van der Waals surface area contributed by atoms with Gasteiger partial charge in [-0.15, -0.1) is 0 Å². The van der Waals surface area contributed by atoms with Gasteiger partial charge in [0.25, 0.3) is 0 Å². The van der Waals surface area contributed by atoms with Crippen molar-refractivity contribution >= 4 is 6.03 Å². The zero-order chi connectivity index (χ0) is 16.0. The molecule has 2 bridgehead atoms. The summed E-state index contributed by atoms with van der Waals surface area (Å²) in [4.78, 5) is 12.3. The van der Waals surface area contributed by atoms with Crippen LogP contribution in [0.3, 0.4) is 0 Å². The van der Waals surface area contributed by atoms with Crippen molar-refractivity contribution in [1.29, 1.82) is 0 Å². The molecule has 4 atom stereocenters. The molecule has 1 aromatic carbocycles. The molecule has 4 rings (SSSR count). The number of fused-ring (bicyclic) bond motifs is 2. The SMILES string of the molecule is O=C(N[C@@H](c1cc(F)ccc1F)C1CC1)N[C@@H]1C[C@H]2CC[C@H]1O2. The molecule has 2 aliphatic heterocycles. The Morgan fingerprint density at radius 3 is 2.70 bits per heavy atom. The zero-order valence-corrected chi connectivity index (χ0v) is 12.7. The molecule has 2 saturated heterocycles. The van der Waals surface area contributed by atoms with E-state index in [1.807, 2.05) is 0 Å². The Morgan fingerprint density at radius 2 is 2.04 bits per heavy atom. The molecule has 0 radical (unpaired) electrons. The maximum Gasteiger partial charge on any atom is 0.315 e. The summed E-state index contributed by atoms with van der Waals surface area (Å²) in [7, 11) is 0. The van der Waals surface area contributed by atoms with Crippen LogP contribution in [0.5, 0.6) is 0 Å². The summed E-state index contributed by atoms with van der Waals surface area (Å²) in [6, 6.07) is 2.60. The van der Waals surface area contributed by atoms with Gasteiger partial charge < -0.3 is 15.4 Å². The number of amides is 2. The van der Waals surface area contributed by atoms with E-state index >= 15 is 0 Å². The highest BCUT2D eigenvalue weighted by atomic mass is 19.1. The Kier molecular flexibility index (Phi) is 3.71. The minimum atomic E-state index is -0.490. The van der Waals surface area contributed by atoms with E-state index in [0.29, 0.717) is 0 Å². The Labute approximate surface area is 133 Å². The van der Waals surface area contributed by atoms with E-state index in [4.69, 9.17) is 4.74 Å². The molecule has 1 aromatic rings. The van der Waals surface area contributed by atoms with E-state index < -0.39 is 17.7 Å². The van der Waals surface area contributed by atoms with Crippen LogP contribution in [-0.4, -0.2) is 24.3 Å². The second-order valence-corrected chi connectivity index (χ2v) is 6.81. The van der Waals surface area contributed by atoms with Gasteiger partial charge in [-0.05, 0) is 56.2 Å². The van der Waals surface area contributed by atoms with E-state index in [0.717, 1.165) is 44.2 Å². The van der Waals surface area contributed by atoms with Crippen LogP contribution >= 0.6 is 0 Å². The highest BCUT2D eigenvalue weighted by Gasteiger charge is 2.42. The van der Waals surface area contributed by atoms with Crippen LogP contribution in [0.15, 0.2) is 18.2 Å². The predicted molar refractivity (Wildman–Crippen MR) is 79.8 cm³/mol. The van der Waals surface area contributed by atoms with Gasteiger partial charge in [0.15, 0.2) is 0 Å². The number of hydrogen-bond donors (Lipinski definition) is 2. The molecule has 3 aliphatic rings. The molecule has 2 heterocycles. The van der Waals surface area contributed by atoms with E-state index in [1.165, 1.54) is 6.07 Å². The standard InChI is InChI=1S/C17H20F2N2O2/c18-10-3-5-13(19)12(7-10)16(9-1-2-9)21-17(22)20-14-8-11-4-6-15(14)23-11/h3,5,7,9,11,14-16H,1-2,4,6,8H2,(H2,20,21,22)/t11-,14-,15-,16-/m1/s1. The number of ether oxygens (including phenoxy) is 1. The molecule has 1 saturated carbocycles. The summed E-state index contributed by atoms with van der Waals surface area (Å²) in [6.45, 7) is 0. The smallest absolute Gasteiger partial charge is 0.315 e. The predicted octanol–water partition coefficient (Wildman–Crippen LogP) is 3.04. The van der Waals surface area contributed by atoms with E-state index in [9.17, 15) is 13.6 Å². The minimum absolute atomic E-state index is 0.0194. The first-order chi connectivity index (χ1) is 11.1. The number of benzene rings is 1. The summed E-state index contributed by atoms with van der Waals surface area (Å²) >= 11 is 0. The van der Waals surface area contributed by atoms with Crippen LogP contribution < -0.4 is 10.6 Å². The lowest BCUT2D eigenvalue weighted by atomic mass is 9.95. The van der Waals surface area contributed by atoms with Crippen molar-refractivity contribution in [2.75, 3.05) is 0 Å². The number of carbonyl (C=O) groups excluding carboxylic acids is 1. The fourth-order valence-electron chi connectivity index (χ4n) is 3.77. The molecule has 2 amide bonds. The highest BCUT2D eigenvalue weighted by Crippen LogP contribution is 2.42. The molecule has 0 spiro atoms. The summed E-state index contributed by atoms with van der Waals surface area (Å²) < 4.78 is 33.2. The second kappa shape index (κ2) is 5.74. The summed E-state index contributed by atoms with van der Waals surface area (Å²) in [6.07, 6.45) is 5.04. The van der Waals surface area contributed by atoms with Gasteiger partial charge in [0.05, 0.1) is 24.3 Å². The van der Waals surface area contributed by atoms with Gasteiger partial charge >= 0.3 is 6.03 Å². The van der Waals surface area contributed by atoms with E-state index in [-0.39, 0.29) is 35.8 Å². The Morgan fingerprint density at radius 1 is 1.22 bits per heavy atom. The van der Waals surface area contributed by atoms with Crippen LogP contribution in [0.1, 0.15) is 43.7 Å². The van der Waals surface area contributed by atoms with Gasteiger partial charge in [-0.3, -0.25) is 0 Å². The molecule has 2 N–H and O–H groups in total.